The van der Waals surface area contributed by atoms with Crippen molar-refractivity contribution in [2.24, 2.45) is 0 Å². The smallest absolute Gasteiger partial charge is 0.265 e. The highest BCUT2D eigenvalue weighted by Crippen LogP contribution is 2.31. The average molecular weight is 494 g/mol. The number of ether oxygens (including phenoxy) is 2. The highest BCUT2D eigenvalue weighted by molar-refractivity contribution is 7.92. The molecule has 11 heteroatoms. The van der Waals surface area contributed by atoms with E-state index in [0.717, 1.165) is 10.4 Å². The lowest BCUT2D eigenvalue weighted by atomic mass is 10.1. The van der Waals surface area contributed by atoms with Crippen molar-refractivity contribution in [3.63, 3.8) is 0 Å². The van der Waals surface area contributed by atoms with Crippen LogP contribution in [0.2, 0.25) is 0 Å². The van der Waals surface area contributed by atoms with Gasteiger partial charge in [-0.25, -0.2) is 8.42 Å². The first-order valence-electron chi connectivity index (χ1n) is 10.1. The van der Waals surface area contributed by atoms with Crippen LogP contribution < -0.4 is 14.2 Å². The van der Waals surface area contributed by atoms with E-state index in [-0.39, 0.29) is 10.6 Å². The van der Waals surface area contributed by atoms with Crippen LogP contribution in [-0.2, 0) is 10.0 Å². The summed E-state index contributed by atoms with van der Waals surface area (Å²) in [5, 5.41) is 15.1. The minimum atomic E-state index is -3.92. The summed E-state index contributed by atoms with van der Waals surface area (Å²) >= 11 is 1.55. The van der Waals surface area contributed by atoms with Gasteiger partial charge in [-0.3, -0.25) is 4.72 Å². The Morgan fingerprint density at radius 2 is 1.82 bits per heavy atom. The zero-order valence-electron chi connectivity index (χ0n) is 18.2. The average Bonchev–Trinajstić information content (AvgIpc) is 3.53. The van der Waals surface area contributed by atoms with Crippen LogP contribution >= 0.6 is 11.3 Å². The number of benzene rings is 2. The van der Waals surface area contributed by atoms with Crippen molar-refractivity contribution in [3.8, 4) is 33.5 Å². The van der Waals surface area contributed by atoms with Crippen LogP contribution in [0.25, 0.3) is 27.6 Å². The third-order valence-electron chi connectivity index (χ3n) is 5.08. The summed E-state index contributed by atoms with van der Waals surface area (Å²) in [4.78, 5) is 0.956. The first-order chi connectivity index (χ1) is 16.5. The largest absolute Gasteiger partial charge is 0.497 e. The summed E-state index contributed by atoms with van der Waals surface area (Å²) in [6, 6.07) is 19.1. The molecule has 0 aliphatic carbocycles. The molecule has 172 valence electrons. The molecule has 0 aliphatic heterocycles. The van der Waals surface area contributed by atoms with Crippen molar-refractivity contribution in [1.82, 2.24) is 19.8 Å². The first-order valence-corrected chi connectivity index (χ1v) is 12.5. The zero-order chi connectivity index (χ0) is 23.7. The van der Waals surface area contributed by atoms with Crippen LogP contribution in [0.4, 0.5) is 5.69 Å². The second-order valence-electron chi connectivity index (χ2n) is 7.19. The Labute approximate surface area is 199 Å². The van der Waals surface area contributed by atoms with Gasteiger partial charge in [0.15, 0.2) is 11.5 Å². The SMILES string of the molecule is COc1ccc(S(=O)(=O)Nc2cccc(-c3ccc4nnc(-c5cccs5)n4n3)c2)c(OC)c1. The van der Waals surface area contributed by atoms with Crippen LogP contribution in [0.1, 0.15) is 0 Å². The minimum Gasteiger partial charge on any atom is -0.497 e. The number of nitrogens with zero attached hydrogens (tertiary/aromatic N) is 4. The van der Waals surface area contributed by atoms with Crippen molar-refractivity contribution in [3.05, 3.63) is 72.1 Å². The summed E-state index contributed by atoms with van der Waals surface area (Å²) in [5.41, 5.74) is 2.39. The molecule has 5 aromatic rings. The monoisotopic (exact) mass is 493 g/mol. The number of fused-ring (bicyclic) bond motifs is 1. The molecule has 0 aliphatic rings. The van der Waals surface area contributed by atoms with Crippen molar-refractivity contribution in [1.29, 1.82) is 0 Å². The van der Waals surface area contributed by atoms with E-state index in [9.17, 15) is 8.42 Å². The molecule has 0 bridgehead atoms. The lowest BCUT2D eigenvalue weighted by Gasteiger charge is -2.13. The van der Waals surface area contributed by atoms with Crippen molar-refractivity contribution < 1.29 is 17.9 Å². The molecule has 0 fully saturated rings. The van der Waals surface area contributed by atoms with Gasteiger partial charge >= 0.3 is 0 Å². The number of methoxy groups -OCH3 is 2. The summed E-state index contributed by atoms with van der Waals surface area (Å²) in [5.74, 6) is 1.33. The molecule has 3 heterocycles. The van der Waals surface area contributed by atoms with Crippen LogP contribution in [0.3, 0.4) is 0 Å². The van der Waals surface area contributed by atoms with Crippen LogP contribution in [0.5, 0.6) is 11.5 Å². The fourth-order valence-electron chi connectivity index (χ4n) is 3.45. The first kappa shape index (κ1) is 21.9. The Bertz CT molecular complexity index is 1580. The van der Waals surface area contributed by atoms with E-state index in [4.69, 9.17) is 14.6 Å². The Balaban J connectivity index is 1.49. The molecular weight excluding hydrogens is 474 g/mol. The number of sulfonamides is 1. The fourth-order valence-corrected chi connectivity index (χ4v) is 5.35. The normalized spacial score (nSPS) is 11.5. The third-order valence-corrected chi connectivity index (χ3v) is 7.36. The maximum absolute atomic E-state index is 13.1. The van der Waals surface area contributed by atoms with E-state index in [0.29, 0.717) is 28.6 Å². The second-order valence-corrected chi connectivity index (χ2v) is 9.79. The molecule has 3 aromatic heterocycles. The molecule has 0 radical (unpaired) electrons. The Hall–Kier alpha value is -3.96. The van der Waals surface area contributed by atoms with Gasteiger partial charge in [0.1, 0.15) is 16.4 Å². The van der Waals surface area contributed by atoms with E-state index in [1.807, 2.05) is 35.7 Å². The number of hydrogen-bond acceptors (Lipinski definition) is 8. The molecule has 0 unspecified atom stereocenters. The molecule has 5 rings (SSSR count). The molecule has 34 heavy (non-hydrogen) atoms. The lowest BCUT2D eigenvalue weighted by molar-refractivity contribution is 0.386. The van der Waals surface area contributed by atoms with Crippen LogP contribution in [0.15, 0.2) is 77.0 Å². The van der Waals surface area contributed by atoms with Gasteiger partial charge in [0, 0.05) is 17.3 Å². The molecule has 2 aromatic carbocycles. The number of hydrogen-bond donors (Lipinski definition) is 1. The van der Waals surface area contributed by atoms with Gasteiger partial charge in [0.2, 0.25) is 0 Å². The minimum absolute atomic E-state index is 0.00540. The number of nitrogens with one attached hydrogen (secondary N) is 1. The summed E-state index contributed by atoms with van der Waals surface area (Å²) in [7, 11) is -1.01. The van der Waals surface area contributed by atoms with Gasteiger partial charge in [0.25, 0.3) is 10.0 Å². The van der Waals surface area contributed by atoms with Crippen LogP contribution in [0, 0.1) is 0 Å². The zero-order valence-corrected chi connectivity index (χ0v) is 19.8. The summed E-state index contributed by atoms with van der Waals surface area (Å²) in [6.45, 7) is 0. The number of rotatable bonds is 7. The number of anilines is 1. The molecule has 0 saturated carbocycles. The molecule has 0 spiro atoms. The highest BCUT2D eigenvalue weighted by Gasteiger charge is 2.21. The molecular formula is C23H19N5O4S2. The Kier molecular flexibility index (Phi) is 5.64. The maximum Gasteiger partial charge on any atom is 0.265 e. The molecule has 1 N–H and O–H groups in total. The van der Waals surface area contributed by atoms with Crippen LogP contribution in [-0.4, -0.2) is 42.4 Å². The van der Waals surface area contributed by atoms with Gasteiger partial charge in [-0.05, 0) is 47.8 Å². The Morgan fingerprint density at radius 3 is 2.59 bits per heavy atom. The number of thiophene rings is 1. The Morgan fingerprint density at radius 1 is 0.941 bits per heavy atom. The predicted molar refractivity (Wildman–Crippen MR) is 130 cm³/mol. The standard InChI is InChI=1S/C23H19N5O4S2/c1-31-17-8-10-21(19(14-17)32-2)34(29,30)27-16-6-3-5-15(13-16)18-9-11-22-24-25-23(28(22)26-18)20-7-4-12-33-20/h3-14,27H,1-2H3. The fraction of sp³-hybridized carbons (Fsp3) is 0.0870. The summed E-state index contributed by atoms with van der Waals surface area (Å²) in [6.07, 6.45) is 0. The lowest BCUT2D eigenvalue weighted by Crippen LogP contribution is -2.14. The van der Waals surface area contributed by atoms with E-state index >= 15 is 0 Å². The topological polar surface area (TPSA) is 108 Å². The van der Waals surface area contributed by atoms with Crippen molar-refractivity contribution in [2.75, 3.05) is 18.9 Å². The van der Waals surface area contributed by atoms with Crippen molar-refractivity contribution in [2.45, 2.75) is 4.90 Å². The summed E-state index contributed by atoms with van der Waals surface area (Å²) < 4.78 is 40.9. The van der Waals surface area contributed by atoms with Gasteiger partial charge in [-0.2, -0.15) is 9.61 Å². The second kappa shape index (κ2) is 8.76. The van der Waals surface area contributed by atoms with E-state index in [1.54, 1.807) is 40.1 Å². The van der Waals surface area contributed by atoms with Gasteiger partial charge < -0.3 is 9.47 Å². The molecule has 0 saturated heterocycles. The third kappa shape index (κ3) is 4.06. The maximum atomic E-state index is 13.1. The molecule has 0 atom stereocenters. The molecule has 0 amide bonds. The quantitative estimate of drug-likeness (QED) is 0.359. The number of aromatic nitrogens is 4. The van der Waals surface area contributed by atoms with Gasteiger partial charge in [-0.15, -0.1) is 21.5 Å². The van der Waals surface area contributed by atoms with E-state index in [1.165, 1.54) is 26.4 Å². The van der Waals surface area contributed by atoms with Gasteiger partial charge in [0.05, 0.1) is 24.8 Å². The van der Waals surface area contributed by atoms with Gasteiger partial charge in [-0.1, -0.05) is 18.2 Å². The predicted octanol–water partition coefficient (Wildman–Crippen LogP) is 4.34. The van der Waals surface area contributed by atoms with E-state index in [2.05, 4.69) is 14.9 Å². The van der Waals surface area contributed by atoms with E-state index < -0.39 is 10.0 Å². The highest BCUT2D eigenvalue weighted by atomic mass is 32.2. The molecule has 9 nitrogen and oxygen atoms in total. The van der Waals surface area contributed by atoms with Crippen molar-refractivity contribution >= 4 is 32.7 Å².